The lowest BCUT2D eigenvalue weighted by atomic mass is 9.72. The number of rotatable bonds is 5. The van der Waals surface area contributed by atoms with Gasteiger partial charge in [0.15, 0.2) is 0 Å². The van der Waals surface area contributed by atoms with E-state index in [0.717, 1.165) is 44.3 Å². The summed E-state index contributed by atoms with van der Waals surface area (Å²) < 4.78 is 13.1. The van der Waals surface area contributed by atoms with Crippen molar-refractivity contribution in [3.05, 3.63) is 34.6 Å². The first kappa shape index (κ1) is 15.5. The van der Waals surface area contributed by atoms with E-state index in [2.05, 4.69) is 12.2 Å². The quantitative estimate of drug-likeness (QED) is 0.896. The molecule has 0 spiro atoms. The van der Waals surface area contributed by atoms with Gasteiger partial charge in [-0.15, -0.1) is 0 Å². The van der Waals surface area contributed by atoms with Crippen LogP contribution in [-0.2, 0) is 11.2 Å². The normalized spacial score (nSPS) is 22.8. The molecule has 0 saturated carbocycles. The molecule has 0 radical (unpaired) electrons. The lowest BCUT2D eigenvalue weighted by molar-refractivity contribution is -0.129. The van der Waals surface area contributed by atoms with Crippen molar-refractivity contribution < 1.29 is 9.18 Å². The van der Waals surface area contributed by atoms with Crippen LogP contribution in [0, 0.1) is 11.2 Å². The lowest BCUT2D eigenvalue weighted by Gasteiger charge is -2.36. The number of hydrogen-bond acceptors (Lipinski definition) is 2. The summed E-state index contributed by atoms with van der Waals surface area (Å²) in [7, 11) is 0. The predicted molar refractivity (Wildman–Crippen MR) is 79.6 cm³/mol. The average Bonchev–Trinajstić information content (AvgIpc) is 2.43. The Labute approximate surface area is 124 Å². The molecule has 1 heterocycles. The second-order valence-electron chi connectivity index (χ2n) is 5.65. The first-order chi connectivity index (χ1) is 9.57. The average molecular weight is 298 g/mol. The van der Waals surface area contributed by atoms with Gasteiger partial charge in [-0.1, -0.05) is 31.0 Å². The Morgan fingerprint density at radius 2 is 2.30 bits per heavy atom. The van der Waals surface area contributed by atoms with E-state index < -0.39 is 0 Å². The minimum absolute atomic E-state index is 0.222. The highest BCUT2D eigenvalue weighted by Gasteiger charge is 2.38. The van der Waals surface area contributed by atoms with Crippen LogP contribution in [0.15, 0.2) is 18.2 Å². The summed E-state index contributed by atoms with van der Waals surface area (Å²) in [6.07, 6.45) is 4.15. The number of benzene rings is 1. The van der Waals surface area contributed by atoms with Crippen LogP contribution in [-0.4, -0.2) is 18.9 Å². The minimum Gasteiger partial charge on any atom is -0.316 e. The third kappa shape index (κ3) is 3.39. The van der Waals surface area contributed by atoms with Gasteiger partial charge in [-0.3, -0.25) is 4.79 Å². The molecule has 1 fully saturated rings. The molecule has 20 heavy (non-hydrogen) atoms. The smallest absolute Gasteiger partial charge is 0.144 e. The molecule has 0 aliphatic carbocycles. The molecule has 1 N–H and O–H groups in total. The first-order valence-electron chi connectivity index (χ1n) is 7.25. The number of halogens is 2. The van der Waals surface area contributed by atoms with Crippen molar-refractivity contribution >= 4 is 17.4 Å². The zero-order valence-electron chi connectivity index (χ0n) is 11.8. The van der Waals surface area contributed by atoms with E-state index >= 15 is 0 Å². The van der Waals surface area contributed by atoms with E-state index in [1.54, 1.807) is 6.07 Å². The SMILES string of the molecule is CCCC1(C(=O)Cc2ccc(F)cc2Cl)CCCNC1. The topological polar surface area (TPSA) is 29.1 Å². The maximum absolute atomic E-state index is 13.1. The molecule has 0 aromatic heterocycles. The van der Waals surface area contributed by atoms with Crippen LogP contribution in [0.4, 0.5) is 4.39 Å². The summed E-state index contributed by atoms with van der Waals surface area (Å²) >= 11 is 6.03. The molecule has 1 aromatic carbocycles. The van der Waals surface area contributed by atoms with E-state index in [-0.39, 0.29) is 17.0 Å². The second kappa shape index (κ2) is 6.68. The molecule has 1 saturated heterocycles. The van der Waals surface area contributed by atoms with E-state index in [4.69, 9.17) is 11.6 Å². The van der Waals surface area contributed by atoms with Gasteiger partial charge >= 0.3 is 0 Å². The Balaban J connectivity index is 2.15. The first-order valence-corrected chi connectivity index (χ1v) is 7.63. The third-order valence-electron chi connectivity index (χ3n) is 4.16. The van der Waals surface area contributed by atoms with Crippen molar-refractivity contribution in [2.45, 2.75) is 39.0 Å². The largest absolute Gasteiger partial charge is 0.316 e. The summed E-state index contributed by atoms with van der Waals surface area (Å²) in [5, 5.41) is 3.68. The fourth-order valence-electron chi connectivity index (χ4n) is 3.06. The molecule has 4 heteroatoms. The molecule has 1 unspecified atom stereocenters. The highest BCUT2D eigenvalue weighted by molar-refractivity contribution is 6.31. The van der Waals surface area contributed by atoms with Gasteiger partial charge in [-0.25, -0.2) is 4.39 Å². The molecule has 0 amide bonds. The van der Waals surface area contributed by atoms with Crippen LogP contribution in [0.2, 0.25) is 5.02 Å². The van der Waals surface area contributed by atoms with Crippen molar-refractivity contribution in [3.63, 3.8) is 0 Å². The number of carbonyl (C=O) groups excluding carboxylic acids is 1. The molecule has 1 atom stereocenters. The molecular weight excluding hydrogens is 277 g/mol. The maximum Gasteiger partial charge on any atom is 0.144 e. The molecule has 1 aliphatic heterocycles. The molecular formula is C16H21ClFNO. The maximum atomic E-state index is 13.1. The number of ketones is 1. The van der Waals surface area contributed by atoms with E-state index in [9.17, 15) is 9.18 Å². The van der Waals surface area contributed by atoms with Crippen LogP contribution in [0.25, 0.3) is 0 Å². The van der Waals surface area contributed by atoms with Crippen LogP contribution < -0.4 is 5.32 Å². The van der Waals surface area contributed by atoms with Gasteiger partial charge in [-0.2, -0.15) is 0 Å². The fraction of sp³-hybridized carbons (Fsp3) is 0.562. The Hall–Kier alpha value is -0.930. The summed E-state index contributed by atoms with van der Waals surface area (Å²) in [5.74, 6) is -0.145. The van der Waals surface area contributed by atoms with Gasteiger partial charge in [0.05, 0.1) is 0 Å². The van der Waals surface area contributed by atoms with Gasteiger partial charge in [0.1, 0.15) is 11.6 Å². The standard InChI is InChI=1S/C16H21ClFNO/c1-2-6-16(7-3-8-19-11-16)15(20)9-12-4-5-13(18)10-14(12)17/h4-5,10,19H,2-3,6-9,11H2,1H3. The van der Waals surface area contributed by atoms with Crippen LogP contribution >= 0.6 is 11.6 Å². The van der Waals surface area contributed by atoms with Gasteiger partial charge in [0.2, 0.25) is 0 Å². The van der Waals surface area contributed by atoms with Gasteiger partial charge in [-0.05, 0) is 43.5 Å². The van der Waals surface area contributed by atoms with E-state index in [1.165, 1.54) is 12.1 Å². The van der Waals surface area contributed by atoms with Crippen molar-refractivity contribution in [2.75, 3.05) is 13.1 Å². The number of hydrogen-bond donors (Lipinski definition) is 1. The Kier molecular flexibility index (Phi) is 5.17. The predicted octanol–water partition coefficient (Wildman–Crippen LogP) is 3.76. The van der Waals surface area contributed by atoms with E-state index in [1.807, 2.05) is 0 Å². The molecule has 1 aromatic rings. The van der Waals surface area contributed by atoms with Crippen LogP contribution in [0.5, 0.6) is 0 Å². The summed E-state index contributed by atoms with van der Waals surface area (Å²) in [5.41, 5.74) is 0.448. The summed E-state index contributed by atoms with van der Waals surface area (Å²) in [6, 6.07) is 4.25. The van der Waals surface area contributed by atoms with Crippen LogP contribution in [0.1, 0.15) is 38.2 Å². The lowest BCUT2D eigenvalue weighted by Crippen LogP contribution is -2.46. The van der Waals surface area contributed by atoms with Gasteiger partial charge in [0.25, 0.3) is 0 Å². The molecule has 0 bridgehead atoms. The monoisotopic (exact) mass is 297 g/mol. The number of piperidine rings is 1. The molecule has 2 rings (SSSR count). The zero-order chi connectivity index (χ0) is 14.6. The Morgan fingerprint density at radius 1 is 1.50 bits per heavy atom. The van der Waals surface area contributed by atoms with Gasteiger partial charge in [0, 0.05) is 23.4 Å². The van der Waals surface area contributed by atoms with Crippen molar-refractivity contribution in [1.29, 1.82) is 0 Å². The number of nitrogens with one attached hydrogen (secondary N) is 1. The summed E-state index contributed by atoms with van der Waals surface area (Å²) in [4.78, 5) is 12.7. The third-order valence-corrected chi connectivity index (χ3v) is 4.51. The van der Waals surface area contributed by atoms with Crippen molar-refractivity contribution in [2.24, 2.45) is 5.41 Å². The highest BCUT2D eigenvalue weighted by Crippen LogP contribution is 2.34. The number of carbonyl (C=O) groups is 1. The Bertz CT molecular complexity index is 478. The molecule has 1 aliphatic rings. The minimum atomic E-state index is -0.367. The van der Waals surface area contributed by atoms with Gasteiger partial charge < -0.3 is 5.32 Å². The number of Topliss-reactive ketones (excluding diaryl/α,β-unsaturated/α-hetero) is 1. The van der Waals surface area contributed by atoms with Crippen LogP contribution in [0.3, 0.4) is 0 Å². The Morgan fingerprint density at radius 3 is 2.90 bits per heavy atom. The van der Waals surface area contributed by atoms with E-state index in [0.29, 0.717) is 11.4 Å². The zero-order valence-corrected chi connectivity index (χ0v) is 12.6. The van der Waals surface area contributed by atoms with Crippen molar-refractivity contribution in [3.8, 4) is 0 Å². The second-order valence-corrected chi connectivity index (χ2v) is 6.05. The highest BCUT2D eigenvalue weighted by atomic mass is 35.5. The molecule has 110 valence electrons. The molecule has 2 nitrogen and oxygen atoms in total. The van der Waals surface area contributed by atoms with Crippen molar-refractivity contribution in [1.82, 2.24) is 5.32 Å². The fourth-order valence-corrected chi connectivity index (χ4v) is 3.30. The summed E-state index contributed by atoms with van der Waals surface area (Å²) in [6.45, 7) is 3.84.